The van der Waals surface area contributed by atoms with Crippen molar-refractivity contribution in [1.29, 1.82) is 0 Å². The van der Waals surface area contributed by atoms with Crippen molar-refractivity contribution in [3.05, 3.63) is 83.9 Å². The van der Waals surface area contributed by atoms with Crippen molar-refractivity contribution in [2.45, 2.75) is 32.1 Å². The van der Waals surface area contributed by atoms with Gasteiger partial charge in [0.25, 0.3) is 5.91 Å². The zero-order valence-electron chi connectivity index (χ0n) is 22.2. The fraction of sp³-hybridized carbons (Fsp3) is 0.310. The fourth-order valence-corrected chi connectivity index (χ4v) is 4.72. The number of para-hydroxylation sites is 2. The first kappa shape index (κ1) is 28.8. The van der Waals surface area contributed by atoms with Gasteiger partial charge in [-0.2, -0.15) is 13.2 Å². The highest BCUT2D eigenvalue weighted by Gasteiger charge is 2.38. The molecule has 11 heteroatoms. The first-order chi connectivity index (χ1) is 19.1. The van der Waals surface area contributed by atoms with Crippen LogP contribution < -0.4 is 0 Å². The second-order valence-electron chi connectivity index (χ2n) is 9.68. The fourth-order valence-electron chi connectivity index (χ4n) is 4.72. The van der Waals surface area contributed by atoms with Crippen LogP contribution in [0.15, 0.2) is 67.0 Å². The second-order valence-corrected chi connectivity index (χ2v) is 9.68. The summed E-state index contributed by atoms with van der Waals surface area (Å²) in [5.74, 6) is -1.60. The number of aliphatic carboxylic acids is 1. The summed E-state index contributed by atoms with van der Waals surface area (Å²) in [5.41, 5.74) is 6.12. The van der Waals surface area contributed by atoms with Crippen molar-refractivity contribution in [2.24, 2.45) is 0 Å². The maximum absolute atomic E-state index is 13.4. The number of pyridine rings is 1. The molecule has 0 fully saturated rings. The Balaban J connectivity index is 0.000000470. The molecule has 4 aromatic rings. The van der Waals surface area contributed by atoms with Gasteiger partial charge in [0.15, 0.2) is 0 Å². The van der Waals surface area contributed by atoms with E-state index in [9.17, 15) is 18.0 Å². The van der Waals surface area contributed by atoms with Gasteiger partial charge in [-0.1, -0.05) is 30.3 Å². The van der Waals surface area contributed by atoms with Crippen LogP contribution in [0.25, 0.3) is 22.2 Å². The van der Waals surface area contributed by atoms with E-state index in [2.05, 4.69) is 52.8 Å². The molecule has 0 saturated heterocycles. The van der Waals surface area contributed by atoms with Gasteiger partial charge in [-0.25, -0.2) is 9.78 Å². The molecule has 1 aliphatic rings. The van der Waals surface area contributed by atoms with Crippen molar-refractivity contribution in [3.63, 3.8) is 0 Å². The minimum Gasteiger partial charge on any atom is -0.475 e. The molecule has 2 aromatic heterocycles. The molecule has 1 N–H and O–H groups in total. The largest absolute Gasteiger partial charge is 0.490 e. The first-order valence-electron chi connectivity index (χ1n) is 12.8. The van der Waals surface area contributed by atoms with Crippen molar-refractivity contribution in [1.82, 2.24) is 24.3 Å². The lowest BCUT2D eigenvalue weighted by molar-refractivity contribution is -0.192. The summed E-state index contributed by atoms with van der Waals surface area (Å²) in [6.45, 7) is 3.26. The van der Waals surface area contributed by atoms with E-state index in [1.54, 1.807) is 12.4 Å². The number of rotatable bonds is 8. The topological polar surface area (TPSA) is 91.6 Å². The molecule has 1 aliphatic heterocycles. The number of carboxylic acid groups (broad SMARTS) is 1. The number of nitrogens with zero attached hydrogens (tertiary/aromatic N) is 5. The summed E-state index contributed by atoms with van der Waals surface area (Å²) in [6.07, 6.45) is 0.254. The Morgan fingerprint density at radius 2 is 1.73 bits per heavy atom. The number of carboxylic acids is 1. The van der Waals surface area contributed by atoms with Gasteiger partial charge in [0.05, 0.1) is 16.6 Å². The Morgan fingerprint density at radius 3 is 2.40 bits per heavy atom. The number of hydrogen-bond donors (Lipinski definition) is 1. The van der Waals surface area contributed by atoms with Gasteiger partial charge in [0, 0.05) is 38.4 Å². The predicted octanol–water partition coefficient (Wildman–Crippen LogP) is 4.88. The van der Waals surface area contributed by atoms with Crippen molar-refractivity contribution in [3.8, 4) is 11.1 Å². The van der Waals surface area contributed by atoms with E-state index in [4.69, 9.17) is 14.9 Å². The summed E-state index contributed by atoms with van der Waals surface area (Å²) in [7, 11) is 4.20. The average molecular weight is 554 g/mol. The van der Waals surface area contributed by atoms with Crippen LogP contribution in [0.3, 0.4) is 0 Å². The molecular formula is C29H30F3N5O3. The minimum atomic E-state index is -5.08. The zero-order valence-corrected chi connectivity index (χ0v) is 22.2. The van der Waals surface area contributed by atoms with Crippen LogP contribution in [0.2, 0.25) is 0 Å². The van der Waals surface area contributed by atoms with Crippen LogP contribution in [-0.4, -0.2) is 74.7 Å². The molecule has 40 heavy (non-hydrogen) atoms. The minimum absolute atomic E-state index is 0.104. The molecule has 2 aromatic carbocycles. The Kier molecular flexibility index (Phi) is 8.83. The maximum Gasteiger partial charge on any atom is 0.490 e. The van der Waals surface area contributed by atoms with Crippen LogP contribution in [-0.2, 0) is 24.3 Å². The molecule has 0 atom stereocenters. The molecule has 0 unspecified atom stereocenters. The smallest absolute Gasteiger partial charge is 0.475 e. The van der Waals surface area contributed by atoms with Crippen LogP contribution in [0.5, 0.6) is 0 Å². The summed E-state index contributed by atoms with van der Waals surface area (Å²) in [6, 6.07) is 18.4. The molecule has 0 saturated carbocycles. The SMILES string of the molecule is CN(C)CCCn1c(CCN2Cc3cccc(-c4ccncc4)c3C2=O)nc2ccccc21.O=C(O)C(F)(F)F. The lowest BCUT2D eigenvalue weighted by Gasteiger charge is -2.17. The Hall–Kier alpha value is -4.25. The lowest BCUT2D eigenvalue weighted by atomic mass is 9.97. The van der Waals surface area contributed by atoms with E-state index in [0.717, 1.165) is 59.5 Å². The average Bonchev–Trinajstić information content (AvgIpc) is 3.44. The van der Waals surface area contributed by atoms with Crippen LogP contribution in [0.1, 0.15) is 28.2 Å². The monoisotopic (exact) mass is 553 g/mol. The number of aromatic nitrogens is 3. The summed E-state index contributed by atoms with van der Waals surface area (Å²) >= 11 is 0. The van der Waals surface area contributed by atoms with Gasteiger partial charge in [-0.15, -0.1) is 0 Å². The first-order valence-corrected chi connectivity index (χ1v) is 12.8. The molecular weight excluding hydrogens is 523 g/mol. The predicted molar refractivity (Wildman–Crippen MR) is 145 cm³/mol. The molecule has 0 radical (unpaired) electrons. The van der Waals surface area contributed by atoms with Gasteiger partial charge < -0.3 is 19.5 Å². The third-order valence-corrected chi connectivity index (χ3v) is 6.57. The van der Waals surface area contributed by atoms with E-state index < -0.39 is 12.1 Å². The summed E-state index contributed by atoms with van der Waals surface area (Å²) in [5, 5.41) is 7.12. The Labute approximate surface area is 229 Å². The number of amides is 1. The van der Waals surface area contributed by atoms with Gasteiger partial charge in [-0.05, 0) is 68.0 Å². The van der Waals surface area contributed by atoms with Crippen molar-refractivity contribution < 1.29 is 27.9 Å². The highest BCUT2D eigenvalue weighted by molar-refractivity contribution is 6.04. The van der Waals surface area contributed by atoms with Crippen LogP contribution in [0.4, 0.5) is 13.2 Å². The molecule has 8 nitrogen and oxygen atoms in total. The van der Waals surface area contributed by atoms with Crippen LogP contribution in [0, 0.1) is 0 Å². The number of carbonyl (C=O) groups is 2. The highest BCUT2D eigenvalue weighted by atomic mass is 19.4. The highest BCUT2D eigenvalue weighted by Crippen LogP contribution is 2.32. The zero-order chi connectivity index (χ0) is 28.9. The Morgan fingerprint density at radius 1 is 1.02 bits per heavy atom. The number of halogens is 3. The molecule has 0 aliphatic carbocycles. The van der Waals surface area contributed by atoms with Gasteiger partial charge >= 0.3 is 12.1 Å². The van der Waals surface area contributed by atoms with Crippen LogP contribution >= 0.6 is 0 Å². The van der Waals surface area contributed by atoms with E-state index in [-0.39, 0.29) is 5.91 Å². The second kappa shape index (κ2) is 12.3. The maximum atomic E-state index is 13.4. The van der Waals surface area contributed by atoms with Gasteiger partial charge in [-0.3, -0.25) is 9.78 Å². The number of aryl methyl sites for hydroxylation is 1. The summed E-state index contributed by atoms with van der Waals surface area (Å²) in [4.78, 5) is 35.5. The Bertz CT molecular complexity index is 1490. The normalized spacial score (nSPS) is 12.9. The van der Waals surface area contributed by atoms with Gasteiger partial charge in [0.2, 0.25) is 0 Å². The summed E-state index contributed by atoms with van der Waals surface area (Å²) < 4.78 is 34.1. The standard InChI is InChI=1S/C27H29N5O.C2HF3O2/c1-30(2)16-6-17-32-24-10-4-3-9-23(24)29-25(32)13-18-31-19-21-7-5-8-22(26(21)27(31)33)20-11-14-28-15-12-20;3-2(4,5)1(6)7/h3-5,7-12,14-15H,6,13,16-19H2,1-2H3;(H,6,7). The quantitative estimate of drug-likeness (QED) is 0.335. The third-order valence-electron chi connectivity index (χ3n) is 6.57. The molecule has 0 spiro atoms. The van der Waals surface area contributed by atoms with Gasteiger partial charge in [0.1, 0.15) is 5.82 Å². The molecule has 5 rings (SSSR count). The molecule has 0 bridgehead atoms. The molecule has 1 amide bonds. The number of alkyl halides is 3. The third kappa shape index (κ3) is 6.66. The van der Waals surface area contributed by atoms with E-state index in [0.29, 0.717) is 13.1 Å². The van der Waals surface area contributed by atoms with E-state index >= 15 is 0 Å². The van der Waals surface area contributed by atoms with Crippen molar-refractivity contribution in [2.75, 3.05) is 27.2 Å². The van der Waals surface area contributed by atoms with Crippen molar-refractivity contribution >= 4 is 22.9 Å². The number of benzene rings is 2. The number of hydrogen-bond acceptors (Lipinski definition) is 5. The number of fused-ring (bicyclic) bond motifs is 2. The van der Waals surface area contributed by atoms with E-state index in [1.807, 2.05) is 35.2 Å². The van der Waals surface area contributed by atoms with E-state index in [1.165, 1.54) is 5.52 Å². The number of carbonyl (C=O) groups excluding carboxylic acids is 1. The molecule has 3 heterocycles. The molecule has 210 valence electrons. The lowest BCUT2D eigenvalue weighted by Crippen LogP contribution is -2.27. The number of imidazole rings is 1.